The van der Waals surface area contributed by atoms with Gasteiger partial charge in [-0.2, -0.15) is 0 Å². The van der Waals surface area contributed by atoms with Gasteiger partial charge < -0.3 is 20.0 Å². The molecule has 2 heterocycles. The molecule has 0 aliphatic carbocycles. The van der Waals surface area contributed by atoms with Gasteiger partial charge in [-0.3, -0.25) is 9.59 Å². The first-order chi connectivity index (χ1) is 9.25. The molecule has 0 bridgehead atoms. The summed E-state index contributed by atoms with van der Waals surface area (Å²) in [7, 11) is 3.04. The van der Waals surface area contributed by atoms with Crippen LogP contribution in [0.2, 0.25) is 0 Å². The maximum absolute atomic E-state index is 10.8. The molecule has 20 heavy (non-hydrogen) atoms. The fourth-order valence-electron chi connectivity index (χ4n) is 2.19. The molecular formula is C12H18N2O6. The number of rotatable bonds is 2. The third-order valence-electron chi connectivity index (χ3n) is 3.56. The van der Waals surface area contributed by atoms with Crippen molar-refractivity contribution in [3.63, 3.8) is 0 Å². The Hall–Kier alpha value is -2.12. The SMILES string of the molecule is CN1C(=O)CC[C@H]1C(=O)O.CN1C(=O)CC[C@H]1C(=O)O. The highest BCUT2D eigenvalue weighted by molar-refractivity contribution is 5.87. The van der Waals surface area contributed by atoms with Gasteiger partial charge >= 0.3 is 11.9 Å². The van der Waals surface area contributed by atoms with Crippen LogP contribution >= 0.6 is 0 Å². The van der Waals surface area contributed by atoms with E-state index >= 15 is 0 Å². The zero-order valence-electron chi connectivity index (χ0n) is 11.4. The Balaban J connectivity index is 0.000000200. The first-order valence-corrected chi connectivity index (χ1v) is 6.22. The van der Waals surface area contributed by atoms with Crippen molar-refractivity contribution in [2.75, 3.05) is 14.1 Å². The number of carbonyl (C=O) groups is 4. The fourth-order valence-corrected chi connectivity index (χ4v) is 2.19. The summed E-state index contributed by atoms with van der Waals surface area (Å²) in [5, 5.41) is 17.0. The number of aliphatic carboxylic acids is 2. The molecule has 112 valence electrons. The number of likely N-dealkylation sites (tertiary alicyclic amines) is 2. The summed E-state index contributed by atoms with van der Waals surface area (Å²) in [6, 6.07) is -1.18. The minimum absolute atomic E-state index is 0.0765. The second-order valence-electron chi connectivity index (χ2n) is 4.79. The van der Waals surface area contributed by atoms with Crippen molar-refractivity contribution in [3.05, 3.63) is 0 Å². The molecule has 2 aliphatic heterocycles. The molecule has 8 nitrogen and oxygen atoms in total. The van der Waals surface area contributed by atoms with Crippen LogP contribution in [0.4, 0.5) is 0 Å². The summed E-state index contributed by atoms with van der Waals surface area (Å²) in [6.45, 7) is 0. The minimum atomic E-state index is -0.909. The second kappa shape index (κ2) is 6.36. The van der Waals surface area contributed by atoms with Crippen LogP contribution in [0, 0.1) is 0 Å². The van der Waals surface area contributed by atoms with Gasteiger partial charge in [0, 0.05) is 26.9 Å². The average Bonchev–Trinajstić information content (AvgIpc) is 2.86. The number of carbonyl (C=O) groups excluding carboxylic acids is 2. The molecule has 0 saturated carbocycles. The van der Waals surface area contributed by atoms with Crippen LogP contribution in [0.25, 0.3) is 0 Å². The van der Waals surface area contributed by atoms with E-state index < -0.39 is 24.0 Å². The van der Waals surface area contributed by atoms with E-state index in [4.69, 9.17) is 10.2 Å². The lowest BCUT2D eigenvalue weighted by atomic mass is 10.2. The zero-order chi connectivity index (χ0) is 15.4. The van der Waals surface area contributed by atoms with E-state index in [0.717, 1.165) is 0 Å². The molecule has 0 aromatic carbocycles. The predicted octanol–water partition coefficient (Wildman–Crippen LogP) is -0.616. The van der Waals surface area contributed by atoms with Crippen molar-refractivity contribution in [1.29, 1.82) is 0 Å². The van der Waals surface area contributed by atoms with Crippen LogP contribution in [0.5, 0.6) is 0 Å². The molecule has 2 amide bonds. The number of hydrogen-bond acceptors (Lipinski definition) is 4. The topological polar surface area (TPSA) is 115 Å². The van der Waals surface area contributed by atoms with Gasteiger partial charge in [0.05, 0.1) is 0 Å². The van der Waals surface area contributed by atoms with Gasteiger partial charge in [0.25, 0.3) is 0 Å². The standard InChI is InChI=1S/2C6H9NO3/c2*1-7-4(6(9)10)2-3-5(7)8/h2*4H,2-3H2,1H3,(H,9,10)/t2*4-/m00/s1. The Morgan fingerprint density at radius 3 is 1.30 bits per heavy atom. The molecule has 2 fully saturated rings. The Bertz CT molecular complexity index is 396. The van der Waals surface area contributed by atoms with Crippen LogP contribution < -0.4 is 0 Å². The van der Waals surface area contributed by atoms with Crippen molar-refractivity contribution >= 4 is 23.8 Å². The maximum atomic E-state index is 10.8. The van der Waals surface area contributed by atoms with E-state index in [2.05, 4.69) is 0 Å². The van der Waals surface area contributed by atoms with Crippen LogP contribution in [0.1, 0.15) is 25.7 Å². The maximum Gasteiger partial charge on any atom is 0.326 e. The number of amides is 2. The normalized spacial score (nSPS) is 25.5. The largest absolute Gasteiger partial charge is 0.480 e. The summed E-state index contributed by atoms with van der Waals surface area (Å²) in [6.07, 6.45) is 1.64. The predicted molar refractivity (Wildman–Crippen MR) is 66.9 cm³/mol. The Morgan fingerprint density at radius 1 is 0.900 bits per heavy atom. The van der Waals surface area contributed by atoms with Crippen LogP contribution in [0.3, 0.4) is 0 Å². The third-order valence-corrected chi connectivity index (χ3v) is 3.56. The lowest BCUT2D eigenvalue weighted by Gasteiger charge is -2.14. The van der Waals surface area contributed by atoms with Gasteiger partial charge in [-0.15, -0.1) is 0 Å². The van der Waals surface area contributed by atoms with Gasteiger partial charge in [0.15, 0.2) is 0 Å². The molecule has 0 aromatic rings. The van der Waals surface area contributed by atoms with Crippen molar-refractivity contribution in [3.8, 4) is 0 Å². The van der Waals surface area contributed by atoms with Gasteiger partial charge in [0.1, 0.15) is 12.1 Å². The first kappa shape index (κ1) is 15.9. The number of carboxylic acids is 2. The minimum Gasteiger partial charge on any atom is -0.480 e. The first-order valence-electron chi connectivity index (χ1n) is 6.22. The highest BCUT2D eigenvalue weighted by atomic mass is 16.4. The number of hydrogen-bond donors (Lipinski definition) is 2. The van der Waals surface area contributed by atoms with E-state index in [1.54, 1.807) is 0 Å². The van der Waals surface area contributed by atoms with Crippen LogP contribution in [0.15, 0.2) is 0 Å². The molecule has 0 aromatic heterocycles. The number of nitrogens with zero attached hydrogens (tertiary/aromatic N) is 2. The summed E-state index contributed by atoms with van der Waals surface area (Å²) in [5.74, 6) is -1.97. The highest BCUT2D eigenvalue weighted by Crippen LogP contribution is 2.16. The van der Waals surface area contributed by atoms with Gasteiger partial charge in [-0.25, -0.2) is 9.59 Å². The van der Waals surface area contributed by atoms with E-state index in [0.29, 0.717) is 25.7 Å². The van der Waals surface area contributed by atoms with Crippen molar-refractivity contribution < 1.29 is 29.4 Å². The molecule has 0 unspecified atom stereocenters. The molecule has 8 heteroatoms. The van der Waals surface area contributed by atoms with E-state index in [1.807, 2.05) is 0 Å². The Kier molecular flexibility index (Phi) is 5.06. The number of likely N-dealkylation sites (N-methyl/N-ethyl adjacent to an activating group) is 2. The quantitative estimate of drug-likeness (QED) is 0.699. The molecule has 2 saturated heterocycles. The van der Waals surface area contributed by atoms with E-state index in [9.17, 15) is 19.2 Å². The van der Waals surface area contributed by atoms with Crippen molar-refractivity contribution in [2.24, 2.45) is 0 Å². The molecule has 2 atom stereocenters. The van der Waals surface area contributed by atoms with Gasteiger partial charge in [-0.05, 0) is 12.8 Å². The zero-order valence-corrected chi connectivity index (χ0v) is 11.4. The van der Waals surface area contributed by atoms with Crippen molar-refractivity contribution in [1.82, 2.24) is 9.80 Å². The Morgan fingerprint density at radius 2 is 1.20 bits per heavy atom. The smallest absolute Gasteiger partial charge is 0.326 e. The molecule has 2 aliphatic rings. The summed E-state index contributed by atoms with van der Waals surface area (Å²) >= 11 is 0. The van der Waals surface area contributed by atoms with E-state index in [-0.39, 0.29) is 11.8 Å². The van der Waals surface area contributed by atoms with Gasteiger partial charge in [-0.1, -0.05) is 0 Å². The molecule has 0 radical (unpaired) electrons. The summed E-state index contributed by atoms with van der Waals surface area (Å²) in [5.41, 5.74) is 0. The molecule has 2 rings (SSSR count). The number of carboxylic acid groups (broad SMARTS) is 2. The van der Waals surface area contributed by atoms with Crippen LogP contribution in [-0.2, 0) is 19.2 Å². The molecular weight excluding hydrogens is 268 g/mol. The summed E-state index contributed by atoms with van der Waals surface area (Å²) < 4.78 is 0. The fraction of sp³-hybridized carbons (Fsp3) is 0.667. The monoisotopic (exact) mass is 286 g/mol. The Labute approximate surface area is 116 Å². The molecule has 2 N–H and O–H groups in total. The second-order valence-corrected chi connectivity index (χ2v) is 4.79. The lowest BCUT2D eigenvalue weighted by Crippen LogP contribution is -2.34. The van der Waals surface area contributed by atoms with E-state index in [1.165, 1.54) is 23.9 Å². The van der Waals surface area contributed by atoms with Gasteiger partial charge in [0.2, 0.25) is 11.8 Å². The highest BCUT2D eigenvalue weighted by Gasteiger charge is 2.33. The summed E-state index contributed by atoms with van der Waals surface area (Å²) in [4.78, 5) is 44.8. The molecule has 0 spiro atoms. The average molecular weight is 286 g/mol. The lowest BCUT2D eigenvalue weighted by molar-refractivity contribution is -0.145. The van der Waals surface area contributed by atoms with Crippen molar-refractivity contribution in [2.45, 2.75) is 37.8 Å². The third kappa shape index (κ3) is 3.46. The van der Waals surface area contributed by atoms with Crippen LogP contribution in [-0.4, -0.2) is 69.9 Å².